The highest BCUT2D eigenvalue weighted by atomic mass is 16.5. The number of aryl methyl sites for hydroxylation is 3. The smallest absolute Gasteiger partial charge is 0.252 e. The number of pyridine rings is 1. The highest BCUT2D eigenvalue weighted by molar-refractivity contribution is 5.81. The summed E-state index contributed by atoms with van der Waals surface area (Å²) in [6.07, 6.45) is 4.97. The molecule has 0 aliphatic carbocycles. The molecule has 0 spiro atoms. The van der Waals surface area contributed by atoms with E-state index in [2.05, 4.69) is 62.7 Å². The zero-order chi connectivity index (χ0) is 25.6. The van der Waals surface area contributed by atoms with E-state index < -0.39 is 0 Å². The van der Waals surface area contributed by atoms with Gasteiger partial charge in [-0.15, -0.1) is 5.10 Å². The molecule has 8 nitrogen and oxygen atoms in total. The van der Waals surface area contributed by atoms with Crippen LogP contribution in [-0.2, 0) is 24.2 Å². The number of tetrazole rings is 1. The summed E-state index contributed by atoms with van der Waals surface area (Å²) >= 11 is 0. The highest BCUT2D eigenvalue weighted by Gasteiger charge is 2.30. The number of aromatic nitrogens is 5. The molecule has 194 valence electrons. The van der Waals surface area contributed by atoms with Crippen molar-refractivity contribution >= 4 is 10.9 Å². The molecule has 0 radical (unpaired) electrons. The third-order valence-electron chi connectivity index (χ3n) is 7.32. The van der Waals surface area contributed by atoms with Crippen LogP contribution in [0.1, 0.15) is 61.2 Å². The van der Waals surface area contributed by atoms with Crippen LogP contribution in [0.4, 0.5) is 0 Å². The van der Waals surface area contributed by atoms with Gasteiger partial charge in [-0.2, -0.15) is 0 Å². The number of ether oxygens (including phenoxy) is 1. The first-order valence-corrected chi connectivity index (χ1v) is 13.4. The SMILES string of the molecule is CCC[C@H](c1nnnn1CCc1ccccc1)N(Cc1cc2cccc(C)c2[nH]c1=O)C[C@H]1CCCO1. The molecule has 37 heavy (non-hydrogen) atoms. The molecule has 2 aromatic carbocycles. The minimum atomic E-state index is -0.0435. The summed E-state index contributed by atoms with van der Waals surface area (Å²) in [4.78, 5) is 18.7. The molecule has 5 rings (SSSR count). The third-order valence-corrected chi connectivity index (χ3v) is 7.32. The lowest BCUT2D eigenvalue weighted by Gasteiger charge is -2.32. The van der Waals surface area contributed by atoms with E-state index in [1.54, 1.807) is 0 Å². The van der Waals surface area contributed by atoms with Crippen LogP contribution in [-0.4, -0.2) is 49.3 Å². The molecule has 0 bridgehead atoms. The lowest BCUT2D eigenvalue weighted by Crippen LogP contribution is -2.38. The number of benzene rings is 2. The first-order chi connectivity index (χ1) is 18.1. The lowest BCUT2D eigenvalue weighted by atomic mass is 10.0. The van der Waals surface area contributed by atoms with Crippen LogP contribution in [0.25, 0.3) is 10.9 Å². The number of aromatic amines is 1. The topological polar surface area (TPSA) is 88.9 Å². The predicted octanol–water partition coefficient (Wildman–Crippen LogP) is 4.59. The summed E-state index contributed by atoms with van der Waals surface area (Å²) in [5.74, 6) is 0.851. The number of fused-ring (bicyclic) bond motifs is 1. The first-order valence-electron chi connectivity index (χ1n) is 13.4. The van der Waals surface area contributed by atoms with Gasteiger partial charge >= 0.3 is 0 Å². The Bertz CT molecular complexity index is 1360. The van der Waals surface area contributed by atoms with E-state index in [-0.39, 0.29) is 17.7 Å². The molecule has 1 fully saturated rings. The molecule has 3 heterocycles. The van der Waals surface area contributed by atoms with Crippen LogP contribution in [0.2, 0.25) is 0 Å². The van der Waals surface area contributed by atoms with Gasteiger partial charge in [-0.05, 0) is 65.6 Å². The molecule has 2 atom stereocenters. The van der Waals surface area contributed by atoms with Crippen molar-refractivity contribution in [1.29, 1.82) is 0 Å². The van der Waals surface area contributed by atoms with Gasteiger partial charge in [0.25, 0.3) is 5.56 Å². The Morgan fingerprint density at radius 3 is 2.84 bits per heavy atom. The number of hydrogen-bond donors (Lipinski definition) is 1. The number of nitrogens with zero attached hydrogens (tertiary/aromatic N) is 5. The molecule has 1 aliphatic heterocycles. The van der Waals surface area contributed by atoms with Gasteiger partial charge in [-0.25, -0.2) is 4.68 Å². The van der Waals surface area contributed by atoms with Crippen molar-refractivity contribution in [2.45, 2.75) is 71.2 Å². The van der Waals surface area contributed by atoms with Crippen LogP contribution >= 0.6 is 0 Å². The van der Waals surface area contributed by atoms with Gasteiger partial charge < -0.3 is 9.72 Å². The van der Waals surface area contributed by atoms with Crippen molar-refractivity contribution in [3.05, 3.63) is 87.5 Å². The lowest BCUT2D eigenvalue weighted by molar-refractivity contribution is 0.0475. The van der Waals surface area contributed by atoms with Crippen molar-refractivity contribution in [2.24, 2.45) is 0 Å². The molecule has 1 aliphatic rings. The van der Waals surface area contributed by atoms with Crippen molar-refractivity contribution in [3.63, 3.8) is 0 Å². The largest absolute Gasteiger partial charge is 0.377 e. The molecular weight excluding hydrogens is 464 g/mol. The fourth-order valence-electron chi connectivity index (χ4n) is 5.35. The molecule has 8 heteroatoms. The third kappa shape index (κ3) is 5.97. The summed E-state index contributed by atoms with van der Waals surface area (Å²) < 4.78 is 7.97. The molecular formula is C29H36N6O2. The van der Waals surface area contributed by atoms with E-state index in [0.717, 1.165) is 73.1 Å². The Kier molecular flexibility index (Phi) is 8.06. The van der Waals surface area contributed by atoms with Gasteiger partial charge in [0.1, 0.15) is 0 Å². The van der Waals surface area contributed by atoms with Crippen LogP contribution in [0.3, 0.4) is 0 Å². The standard InChI is InChI=1S/C29H36N6O2/c1-3-9-26(28-31-32-33-35(28)16-15-22-11-5-4-6-12-22)34(20-25-14-8-17-37-25)19-24-18-23-13-7-10-21(2)27(23)30-29(24)36/h4-7,10-13,18,25-26H,3,8-9,14-17,19-20H2,1-2H3,(H,30,36)/t25-,26-/m1/s1. The normalized spacial score (nSPS) is 16.6. The zero-order valence-electron chi connectivity index (χ0n) is 21.8. The van der Waals surface area contributed by atoms with E-state index in [1.807, 2.05) is 35.9 Å². The minimum Gasteiger partial charge on any atom is -0.377 e. The van der Waals surface area contributed by atoms with Crippen LogP contribution < -0.4 is 5.56 Å². The number of hydrogen-bond acceptors (Lipinski definition) is 6. The Hall–Kier alpha value is -3.36. The monoisotopic (exact) mass is 500 g/mol. The predicted molar refractivity (Wildman–Crippen MR) is 144 cm³/mol. The van der Waals surface area contributed by atoms with Gasteiger partial charge in [0, 0.05) is 31.8 Å². The number of rotatable bonds is 11. The average molecular weight is 501 g/mol. The number of para-hydroxylation sites is 1. The average Bonchev–Trinajstić information content (AvgIpc) is 3.60. The Balaban J connectivity index is 1.46. The fraction of sp³-hybridized carbons (Fsp3) is 0.448. The molecule has 0 unspecified atom stereocenters. The summed E-state index contributed by atoms with van der Waals surface area (Å²) in [6.45, 7) is 6.95. The van der Waals surface area contributed by atoms with E-state index in [4.69, 9.17) is 4.74 Å². The molecule has 2 aromatic heterocycles. The van der Waals surface area contributed by atoms with Crippen molar-refractivity contribution in [3.8, 4) is 0 Å². The molecule has 0 saturated carbocycles. The number of nitrogens with one attached hydrogen (secondary N) is 1. The van der Waals surface area contributed by atoms with Gasteiger partial charge in [-0.3, -0.25) is 9.69 Å². The summed E-state index contributed by atoms with van der Waals surface area (Å²) in [6, 6.07) is 18.5. The maximum atomic E-state index is 13.2. The molecule has 1 N–H and O–H groups in total. The van der Waals surface area contributed by atoms with Gasteiger partial charge in [0.2, 0.25) is 0 Å². The minimum absolute atomic E-state index is 0.0208. The van der Waals surface area contributed by atoms with E-state index >= 15 is 0 Å². The first kappa shape index (κ1) is 25.3. The Labute approximate surface area is 217 Å². The maximum Gasteiger partial charge on any atom is 0.252 e. The second-order valence-corrected chi connectivity index (χ2v) is 10.0. The van der Waals surface area contributed by atoms with Gasteiger partial charge in [-0.1, -0.05) is 61.9 Å². The quantitative estimate of drug-likeness (QED) is 0.324. The Morgan fingerprint density at radius 2 is 2.05 bits per heavy atom. The van der Waals surface area contributed by atoms with Crippen LogP contribution in [0.5, 0.6) is 0 Å². The molecule has 4 aromatic rings. The van der Waals surface area contributed by atoms with E-state index in [9.17, 15) is 4.79 Å². The van der Waals surface area contributed by atoms with Gasteiger partial charge in [0.15, 0.2) is 5.82 Å². The summed E-state index contributed by atoms with van der Waals surface area (Å²) in [5, 5.41) is 14.0. The highest BCUT2D eigenvalue weighted by Crippen LogP contribution is 2.28. The van der Waals surface area contributed by atoms with Gasteiger partial charge in [0.05, 0.1) is 17.7 Å². The van der Waals surface area contributed by atoms with Crippen molar-refractivity contribution < 1.29 is 4.74 Å². The zero-order valence-corrected chi connectivity index (χ0v) is 21.8. The summed E-state index contributed by atoms with van der Waals surface area (Å²) in [5.41, 5.74) is 3.93. The van der Waals surface area contributed by atoms with Crippen LogP contribution in [0.15, 0.2) is 59.4 Å². The number of H-pyrrole nitrogens is 1. The Morgan fingerprint density at radius 1 is 1.19 bits per heavy atom. The van der Waals surface area contributed by atoms with E-state index in [0.29, 0.717) is 13.1 Å². The van der Waals surface area contributed by atoms with Crippen molar-refractivity contribution in [1.82, 2.24) is 30.1 Å². The molecule has 0 amide bonds. The second-order valence-electron chi connectivity index (χ2n) is 10.0. The van der Waals surface area contributed by atoms with E-state index in [1.165, 1.54) is 5.56 Å². The van der Waals surface area contributed by atoms with Crippen LogP contribution in [0, 0.1) is 6.92 Å². The maximum absolute atomic E-state index is 13.2. The summed E-state index contributed by atoms with van der Waals surface area (Å²) in [7, 11) is 0. The fourth-order valence-corrected chi connectivity index (χ4v) is 5.35. The second kappa shape index (κ2) is 11.8. The molecule has 1 saturated heterocycles. The van der Waals surface area contributed by atoms with Crippen molar-refractivity contribution in [2.75, 3.05) is 13.2 Å².